The Kier molecular flexibility index (Phi) is 7.67. The number of nitrogens with two attached hydrogens (primary N) is 1. The lowest BCUT2D eigenvalue weighted by Crippen LogP contribution is -2.34. The lowest BCUT2D eigenvalue weighted by molar-refractivity contribution is -0.384. The molecule has 0 amide bonds. The van der Waals surface area contributed by atoms with Crippen LogP contribution in [-0.2, 0) is 16.6 Å². The van der Waals surface area contributed by atoms with E-state index in [4.69, 9.17) is 15.9 Å². The molecule has 0 atom stereocenters. The highest BCUT2D eigenvalue weighted by Crippen LogP contribution is 2.30. The minimum atomic E-state index is -4.10. The van der Waals surface area contributed by atoms with Crippen LogP contribution >= 0.6 is 0 Å². The van der Waals surface area contributed by atoms with Crippen LogP contribution in [0.1, 0.15) is 24.0 Å². The van der Waals surface area contributed by atoms with Gasteiger partial charge < -0.3 is 15.8 Å². The first-order valence-corrected chi connectivity index (χ1v) is 14.3. The number of hydrogen-bond donors (Lipinski definition) is 3. The standard InChI is InChI=1S/C29H29N5O5S/c30-29(31)22-4-3-21-2-1-20(17-23(21)18-22)19-33(40(37,38)28-11-7-25(8-12-28)34(35)36)24-5-9-26(10-6-24)39-27-13-15-32-16-14-27/h1-12,17-18,27,32H,13-16,19H2,(H3,30,31). The molecule has 1 aliphatic heterocycles. The fourth-order valence-electron chi connectivity index (χ4n) is 4.71. The molecule has 1 heterocycles. The number of anilines is 1. The van der Waals surface area contributed by atoms with E-state index < -0.39 is 14.9 Å². The van der Waals surface area contributed by atoms with Crippen molar-refractivity contribution >= 4 is 38.0 Å². The number of nitrogens with one attached hydrogen (secondary N) is 2. The summed E-state index contributed by atoms with van der Waals surface area (Å²) in [6.45, 7) is 1.79. The molecule has 0 unspecified atom stereocenters. The third-order valence-electron chi connectivity index (χ3n) is 6.89. The maximum absolute atomic E-state index is 13.9. The van der Waals surface area contributed by atoms with Gasteiger partial charge in [0.15, 0.2) is 0 Å². The number of benzene rings is 4. The number of hydrogen-bond acceptors (Lipinski definition) is 7. The average Bonchev–Trinajstić information content (AvgIpc) is 2.96. The van der Waals surface area contributed by atoms with Crippen molar-refractivity contribution < 1.29 is 18.1 Å². The van der Waals surface area contributed by atoms with E-state index in [0.29, 0.717) is 22.6 Å². The molecule has 4 N–H and O–H groups in total. The second-order valence-electron chi connectivity index (χ2n) is 9.63. The van der Waals surface area contributed by atoms with Gasteiger partial charge in [-0.15, -0.1) is 0 Å². The van der Waals surface area contributed by atoms with Crippen molar-refractivity contribution in [2.45, 2.75) is 30.4 Å². The summed E-state index contributed by atoms with van der Waals surface area (Å²) < 4.78 is 35.2. The van der Waals surface area contributed by atoms with Crippen LogP contribution in [-0.4, -0.2) is 38.4 Å². The van der Waals surface area contributed by atoms with E-state index in [1.807, 2.05) is 24.3 Å². The van der Waals surface area contributed by atoms with Crippen LogP contribution in [0.2, 0.25) is 0 Å². The first-order valence-electron chi connectivity index (χ1n) is 12.8. The minimum Gasteiger partial charge on any atom is -0.490 e. The van der Waals surface area contributed by atoms with E-state index in [2.05, 4.69) is 5.32 Å². The molecule has 0 saturated carbocycles. The second-order valence-corrected chi connectivity index (χ2v) is 11.5. The highest BCUT2D eigenvalue weighted by atomic mass is 32.2. The quantitative estimate of drug-likeness (QED) is 0.118. The van der Waals surface area contributed by atoms with Gasteiger partial charge in [0.1, 0.15) is 17.7 Å². The van der Waals surface area contributed by atoms with Gasteiger partial charge in [-0.3, -0.25) is 19.8 Å². The van der Waals surface area contributed by atoms with Crippen LogP contribution < -0.4 is 20.1 Å². The zero-order chi connectivity index (χ0) is 28.3. The van der Waals surface area contributed by atoms with Crippen molar-refractivity contribution in [2.24, 2.45) is 5.73 Å². The van der Waals surface area contributed by atoms with E-state index in [0.717, 1.165) is 36.7 Å². The number of sulfonamides is 1. The van der Waals surface area contributed by atoms with Gasteiger partial charge >= 0.3 is 0 Å². The summed E-state index contributed by atoms with van der Waals surface area (Å²) in [6, 6.07) is 22.8. The molecule has 1 saturated heterocycles. The molecule has 0 bridgehead atoms. The van der Waals surface area contributed by atoms with Gasteiger partial charge in [-0.1, -0.05) is 24.3 Å². The van der Waals surface area contributed by atoms with Crippen molar-refractivity contribution in [3.8, 4) is 5.75 Å². The number of non-ortho nitro benzene ring substituents is 1. The normalized spacial score (nSPS) is 14.1. The molecule has 206 valence electrons. The molecule has 10 nitrogen and oxygen atoms in total. The molecule has 11 heteroatoms. The van der Waals surface area contributed by atoms with Crippen molar-refractivity contribution in [1.29, 1.82) is 5.41 Å². The first kappa shape index (κ1) is 27.1. The van der Waals surface area contributed by atoms with E-state index >= 15 is 0 Å². The van der Waals surface area contributed by atoms with Gasteiger partial charge in [0, 0.05) is 17.7 Å². The predicted molar refractivity (Wildman–Crippen MR) is 154 cm³/mol. The van der Waals surface area contributed by atoms with Gasteiger partial charge in [-0.05, 0) is 90.8 Å². The lowest BCUT2D eigenvalue weighted by Gasteiger charge is -2.26. The Morgan fingerprint density at radius 1 is 0.975 bits per heavy atom. The van der Waals surface area contributed by atoms with Crippen molar-refractivity contribution in [1.82, 2.24) is 5.32 Å². The fourth-order valence-corrected chi connectivity index (χ4v) is 6.16. The fraction of sp³-hybridized carbons (Fsp3) is 0.207. The molecule has 1 fully saturated rings. The highest BCUT2D eigenvalue weighted by molar-refractivity contribution is 7.92. The van der Waals surface area contributed by atoms with E-state index in [9.17, 15) is 18.5 Å². The molecular formula is C29H29N5O5S. The van der Waals surface area contributed by atoms with Crippen LogP contribution in [0.25, 0.3) is 10.8 Å². The topological polar surface area (TPSA) is 152 Å². The molecule has 4 aromatic rings. The van der Waals surface area contributed by atoms with Crippen LogP contribution in [0, 0.1) is 15.5 Å². The molecule has 5 rings (SSSR count). The number of piperidine rings is 1. The molecular weight excluding hydrogens is 530 g/mol. The highest BCUT2D eigenvalue weighted by Gasteiger charge is 2.26. The summed E-state index contributed by atoms with van der Waals surface area (Å²) in [5.41, 5.74) is 7.18. The monoisotopic (exact) mass is 559 g/mol. The van der Waals surface area contributed by atoms with Gasteiger partial charge in [-0.2, -0.15) is 0 Å². The van der Waals surface area contributed by atoms with Gasteiger partial charge in [0.05, 0.1) is 22.1 Å². The third-order valence-corrected chi connectivity index (χ3v) is 8.68. The van der Waals surface area contributed by atoms with E-state index in [1.165, 1.54) is 28.6 Å². The van der Waals surface area contributed by atoms with E-state index in [1.54, 1.807) is 36.4 Å². The number of fused-ring (bicyclic) bond motifs is 1. The Labute approximate surface area is 232 Å². The number of ether oxygens (including phenoxy) is 1. The summed E-state index contributed by atoms with van der Waals surface area (Å²) in [4.78, 5) is 10.5. The summed E-state index contributed by atoms with van der Waals surface area (Å²) in [5.74, 6) is 0.604. The number of nitrogen functional groups attached to an aromatic ring is 1. The average molecular weight is 560 g/mol. The predicted octanol–water partition coefficient (Wildman–Crippen LogP) is 4.56. The Morgan fingerprint density at radius 3 is 2.30 bits per heavy atom. The Hall–Kier alpha value is -4.48. The van der Waals surface area contributed by atoms with Gasteiger partial charge in [0.2, 0.25) is 0 Å². The van der Waals surface area contributed by atoms with Crippen molar-refractivity contribution in [3.05, 3.63) is 106 Å². The largest absolute Gasteiger partial charge is 0.490 e. The molecule has 0 radical (unpaired) electrons. The van der Waals surface area contributed by atoms with Gasteiger partial charge in [0.25, 0.3) is 15.7 Å². The first-order chi connectivity index (χ1) is 19.2. The molecule has 4 aromatic carbocycles. The Morgan fingerprint density at radius 2 is 1.65 bits per heavy atom. The molecule has 0 aromatic heterocycles. The van der Waals surface area contributed by atoms with Crippen LogP contribution in [0.3, 0.4) is 0 Å². The van der Waals surface area contributed by atoms with Crippen LogP contribution in [0.15, 0.2) is 89.8 Å². The Balaban J connectivity index is 1.50. The Bertz CT molecular complexity index is 1650. The summed E-state index contributed by atoms with van der Waals surface area (Å²) >= 11 is 0. The molecule has 0 spiro atoms. The number of amidine groups is 1. The summed E-state index contributed by atoms with van der Waals surface area (Å²) in [5, 5.41) is 23.9. The van der Waals surface area contributed by atoms with E-state index in [-0.39, 0.29) is 29.1 Å². The zero-order valence-corrected chi connectivity index (χ0v) is 22.4. The van der Waals surface area contributed by atoms with Crippen LogP contribution in [0.4, 0.5) is 11.4 Å². The SMILES string of the molecule is N=C(N)c1ccc2ccc(CN(c3ccc(OC4CCNCC4)cc3)S(=O)(=O)c3ccc([N+](=O)[O-])cc3)cc2c1. The zero-order valence-electron chi connectivity index (χ0n) is 21.6. The molecule has 40 heavy (non-hydrogen) atoms. The van der Waals surface area contributed by atoms with Crippen molar-refractivity contribution in [2.75, 3.05) is 17.4 Å². The summed E-state index contributed by atoms with van der Waals surface area (Å²) in [7, 11) is -4.10. The number of nitrogens with zero attached hydrogens (tertiary/aromatic N) is 2. The lowest BCUT2D eigenvalue weighted by atomic mass is 10.0. The molecule has 0 aliphatic carbocycles. The second kappa shape index (κ2) is 11.3. The summed E-state index contributed by atoms with van der Waals surface area (Å²) in [6.07, 6.45) is 1.90. The molecule has 1 aliphatic rings. The number of nitro benzene ring substituents is 1. The van der Waals surface area contributed by atoms with Gasteiger partial charge in [-0.25, -0.2) is 8.42 Å². The van der Waals surface area contributed by atoms with Crippen molar-refractivity contribution in [3.63, 3.8) is 0 Å². The number of rotatable bonds is 9. The maximum Gasteiger partial charge on any atom is 0.269 e. The third kappa shape index (κ3) is 5.90. The maximum atomic E-state index is 13.9. The number of nitro groups is 1. The van der Waals surface area contributed by atoms with Crippen LogP contribution in [0.5, 0.6) is 5.75 Å². The minimum absolute atomic E-state index is 0.00799. The smallest absolute Gasteiger partial charge is 0.269 e.